The van der Waals surface area contributed by atoms with Crippen LogP contribution < -0.4 is 15.5 Å². The van der Waals surface area contributed by atoms with Gasteiger partial charge in [0.1, 0.15) is 12.4 Å². The molecule has 0 aliphatic heterocycles. The summed E-state index contributed by atoms with van der Waals surface area (Å²) >= 11 is 6.13. The van der Waals surface area contributed by atoms with E-state index in [0.717, 1.165) is 12.0 Å². The number of rotatable bonds is 7. The van der Waals surface area contributed by atoms with Crippen molar-refractivity contribution in [2.24, 2.45) is 5.10 Å². The lowest BCUT2D eigenvalue weighted by atomic mass is 10.2. The fourth-order valence-corrected chi connectivity index (χ4v) is 2.28. The molecule has 0 aliphatic carbocycles. The fourth-order valence-electron chi connectivity index (χ4n) is 2.09. The van der Waals surface area contributed by atoms with Gasteiger partial charge in [-0.1, -0.05) is 48.9 Å². The van der Waals surface area contributed by atoms with E-state index in [2.05, 4.69) is 15.8 Å². The van der Waals surface area contributed by atoms with Gasteiger partial charge in [-0.15, -0.1) is 0 Å². The Morgan fingerprint density at radius 2 is 1.85 bits per heavy atom. The lowest BCUT2D eigenvalue weighted by Crippen LogP contribution is -2.41. The van der Waals surface area contributed by atoms with Crippen LogP contribution >= 0.6 is 11.6 Å². The number of benzene rings is 2. The first kappa shape index (κ1) is 20.5. The lowest BCUT2D eigenvalue weighted by molar-refractivity contribution is -0.139. The summed E-state index contributed by atoms with van der Waals surface area (Å²) in [6.45, 7) is 4.04. The minimum absolute atomic E-state index is 0.0776. The van der Waals surface area contributed by atoms with Crippen molar-refractivity contribution in [1.82, 2.24) is 10.7 Å². The number of hydrogen-bond acceptors (Lipinski definition) is 4. The third kappa shape index (κ3) is 6.42. The zero-order valence-corrected chi connectivity index (χ0v) is 16.0. The Hall–Kier alpha value is -2.86. The van der Waals surface area contributed by atoms with Crippen LogP contribution in [0.4, 0.5) is 0 Å². The highest BCUT2D eigenvalue weighted by Crippen LogP contribution is 2.20. The zero-order valence-electron chi connectivity index (χ0n) is 15.2. The minimum Gasteiger partial charge on any atom is -0.488 e. The van der Waals surface area contributed by atoms with Gasteiger partial charge in [0, 0.05) is 22.2 Å². The summed E-state index contributed by atoms with van der Waals surface area (Å²) in [6.07, 6.45) is 2.16. The van der Waals surface area contributed by atoms with Gasteiger partial charge in [-0.05, 0) is 31.5 Å². The number of nitrogens with one attached hydrogen (secondary N) is 2. The molecule has 2 aromatic rings. The Balaban J connectivity index is 1.97. The maximum Gasteiger partial charge on any atom is 0.329 e. The smallest absolute Gasteiger partial charge is 0.329 e. The van der Waals surface area contributed by atoms with E-state index in [-0.39, 0.29) is 6.04 Å². The minimum atomic E-state index is -0.819. The molecule has 0 heterocycles. The molecule has 2 amide bonds. The Morgan fingerprint density at radius 3 is 2.59 bits per heavy atom. The molecule has 0 bridgehead atoms. The van der Waals surface area contributed by atoms with Gasteiger partial charge in [-0.3, -0.25) is 9.59 Å². The van der Waals surface area contributed by atoms with Crippen LogP contribution in [0.25, 0.3) is 0 Å². The predicted molar refractivity (Wildman–Crippen MR) is 106 cm³/mol. The molecule has 2 rings (SSSR count). The number of ether oxygens (including phenoxy) is 1. The van der Waals surface area contributed by atoms with Crippen molar-refractivity contribution in [3.8, 4) is 5.75 Å². The van der Waals surface area contributed by atoms with Crippen LogP contribution in [0, 0.1) is 0 Å². The molecule has 142 valence electrons. The van der Waals surface area contributed by atoms with Crippen molar-refractivity contribution in [2.75, 3.05) is 0 Å². The monoisotopic (exact) mass is 387 g/mol. The van der Waals surface area contributed by atoms with Crippen LogP contribution in [0.15, 0.2) is 53.6 Å². The maximum absolute atomic E-state index is 11.7. The molecule has 0 unspecified atom stereocenters. The highest BCUT2D eigenvalue weighted by atomic mass is 35.5. The summed E-state index contributed by atoms with van der Waals surface area (Å²) in [4.78, 5) is 23.4. The Morgan fingerprint density at radius 1 is 1.15 bits per heavy atom. The van der Waals surface area contributed by atoms with Gasteiger partial charge in [0.15, 0.2) is 0 Å². The Labute approximate surface area is 163 Å². The van der Waals surface area contributed by atoms with Crippen LogP contribution in [0.1, 0.15) is 31.4 Å². The third-order valence-electron chi connectivity index (χ3n) is 3.83. The number of amides is 2. The highest BCUT2D eigenvalue weighted by Gasteiger charge is 2.14. The van der Waals surface area contributed by atoms with Crippen molar-refractivity contribution in [1.29, 1.82) is 0 Å². The average molecular weight is 388 g/mol. The number of carbonyl (C=O) groups is 2. The number of carbonyl (C=O) groups excluding carboxylic acids is 2. The summed E-state index contributed by atoms with van der Waals surface area (Å²) in [5.74, 6) is -0.953. The SMILES string of the molecule is CC[C@@H](C)NC(=O)C(=O)N/N=C\c1ccccc1OCc1ccccc1Cl. The summed E-state index contributed by atoms with van der Waals surface area (Å²) in [5, 5.41) is 7.04. The molecule has 0 spiro atoms. The molecule has 0 saturated carbocycles. The van der Waals surface area contributed by atoms with Gasteiger partial charge in [0.2, 0.25) is 0 Å². The third-order valence-corrected chi connectivity index (χ3v) is 4.19. The first-order chi connectivity index (χ1) is 13.0. The van der Waals surface area contributed by atoms with Gasteiger partial charge in [-0.25, -0.2) is 5.43 Å². The van der Waals surface area contributed by atoms with Crippen molar-refractivity contribution >= 4 is 29.6 Å². The molecule has 6 nitrogen and oxygen atoms in total. The molecule has 1 atom stereocenters. The Kier molecular flexibility index (Phi) is 7.82. The molecule has 0 saturated heterocycles. The van der Waals surface area contributed by atoms with Gasteiger partial charge in [0.25, 0.3) is 0 Å². The lowest BCUT2D eigenvalue weighted by Gasteiger charge is -2.10. The Bertz CT molecular complexity index is 824. The first-order valence-electron chi connectivity index (χ1n) is 8.60. The van der Waals surface area contributed by atoms with Gasteiger partial charge >= 0.3 is 11.8 Å². The topological polar surface area (TPSA) is 79.8 Å². The second kappa shape index (κ2) is 10.3. The van der Waals surface area contributed by atoms with E-state index in [0.29, 0.717) is 22.9 Å². The van der Waals surface area contributed by atoms with Crippen LogP contribution in [0.5, 0.6) is 5.75 Å². The van der Waals surface area contributed by atoms with Crippen molar-refractivity contribution < 1.29 is 14.3 Å². The number of hydrazone groups is 1. The summed E-state index contributed by atoms with van der Waals surface area (Å²) in [7, 11) is 0. The summed E-state index contributed by atoms with van der Waals surface area (Å²) in [6, 6.07) is 14.6. The van der Waals surface area contributed by atoms with E-state index in [1.54, 1.807) is 18.2 Å². The first-order valence-corrected chi connectivity index (χ1v) is 8.98. The quantitative estimate of drug-likeness (QED) is 0.434. The van der Waals surface area contributed by atoms with E-state index >= 15 is 0 Å². The largest absolute Gasteiger partial charge is 0.488 e. The number of para-hydroxylation sites is 1. The summed E-state index contributed by atoms with van der Waals surface area (Å²) < 4.78 is 5.81. The predicted octanol–water partition coefficient (Wildman–Crippen LogP) is 3.28. The van der Waals surface area contributed by atoms with Crippen LogP contribution in [-0.2, 0) is 16.2 Å². The fraction of sp³-hybridized carbons (Fsp3) is 0.250. The highest BCUT2D eigenvalue weighted by molar-refractivity contribution is 6.35. The zero-order chi connectivity index (χ0) is 19.6. The summed E-state index contributed by atoms with van der Waals surface area (Å²) in [5.41, 5.74) is 3.73. The molecule has 0 fully saturated rings. The molecule has 7 heteroatoms. The van der Waals surface area contributed by atoms with E-state index in [1.807, 2.05) is 44.2 Å². The molecule has 27 heavy (non-hydrogen) atoms. The van der Waals surface area contributed by atoms with E-state index < -0.39 is 11.8 Å². The van der Waals surface area contributed by atoms with Gasteiger partial charge in [-0.2, -0.15) is 5.10 Å². The van der Waals surface area contributed by atoms with E-state index in [9.17, 15) is 9.59 Å². The van der Waals surface area contributed by atoms with Crippen LogP contribution in [0.2, 0.25) is 5.02 Å². The molecular formula is C20H22ClN3O3. The van der Waals surface area contributed by atoms with Crippen molar-refractivity contribution in [3.63, 3.8) is 0 Å². The molecule has 0 aromatic heterocycles. The van der Waals surface area contributed by atoms with Crippen molar-refractivity contribution in [2.45, 2.75) is 32.9 Å². The number of hydrogen-bond donors (Lipinski definition) is 2. The van der Waals surface area contributed by atoms with Gasteiger partial charge < -0.3 is 10.1 Å². The van der Waals surface area contributed by atoms with Crippen molar-refractivity contribution in [3.05, 3.63) is 64.7 Å². The van der Waals surface area contributed by atoms with E-state index in [1.165, 1.54) is 6.21 Å². The molecule has 0 aliphatic rings. The van der Waals surface area contributed by atoms with Crippen LogP contribution in [0.3, 0.4) is 0 Å². The average Bonchev–Trinajstić information content (AvgIpc) is 2.68. The normalized spacial score (nSPS) is 11.8. The molecular weight excluding hydrogens is 366 g/mol. The second-order valence-corrected chi connectivity index (χ2v) is 6.31. The number of halogens is 1. The van der Waals surface area contributed by atoms with E-state index in [4.69, 9.17) is 16.3 Å². The second-order valence-electron chi connectivity index (χ2n) is 5.90. The van der Waals surface area contributed by atoms with Crippen LogP contribution in [-0.4, -0.2) is 24.1 Å². The molecule has 0 radical (unpaired) electrons. The maximum atomic E-state index is 11.7. The number of nitrogens with zero attached hydrogens (tertiary/aromatic N) is 1. The molecule has 2 N–H and O–H groups in total. The molecule has 2 aromatic carbocycles. The standard InChI is InChI=1S/C20H22ClN3O3/c1-3-14(2)23-19(25)20(26)24-22-12-15-8-5-7-11-18(15)27-13-16-9-4-6-10-17(16)21/h4-12,14H,3,13H2,1-2H3,(H,23,25)(H,24,26)/b22-12-/t14-/m1/s1. The van der Waals surface area contributed by atoms with Gasteiger partial charge in [0.05, 0.1) is 6.21 Å².